The molecule has 1 saturated carbocycles. The zero-order valence-corrected chi connectivity index (χ0v) is 16.9. The molecular weight excluding hydrogens is 419 g/mol. The highest BCUT2D eigenvalue weighted by molar-refractivity contribution is 14.0. The van der Waals surface area contributed by atoms with Crippen molar-refractivity contribution in [2.75, 3.05) is 31.6 Å². The fourth-order valence-electron chi connectivity index (χ4n) is 3.25. The van der Waals surface area contributed by atoms with Crippen molar-refractivity contribution in [1.82, 2.24) is 20.0 Å². The van der Waals surface area contributed by atoms with Gasteiger partial charge in [0.2, 0.25) is 5.91 Å². The number of hydrogen-bond donors (Lipinski definition) is 1. The number of aliphatic imine (C=N–C) groups is 1. The molecule has 1 aliphatic carbocycles. The highest BCUT2D eigenvalue weighted by atomic mass is 127. The molecule has 7 nitrogen and oxygen atoms in total. The Labute approximate surface area is 160 Å². The van der Waals surface area contributed by atoms with Crippen LogP contribution in [0.4, 0.5) is 5.69 Å². The predicted molar refractivity (Wildman–Crippen MR) is 106 cm³/mol. The van der Waals surface area contributed by atoms with Gasteiger partial charge >= 0.3 is 0 Å². The van der Waals surface area contributed by atoms with Crippen LogP contribution in [0.25, 0.3) is 0 Å². The van der Waals surface area contributed by atoms with Gasteiger partial charge in [-0.15, -0.1) is 24.0 Å². The summed E-state index contributed by atoms with van der Waals surface area (Å²) in [6, 6.07) is 0.528. The summed E-state index contributed by atoms with van der Waals surface area (Å²) in [7, 11) is 3.65. The highest BCUT2D eigenvalue weighted by Gasteiger charge is 2.38. The van der Waals surface area contributed by atoms with Crippen LogP contribution < -0.4 is 10.2 Å². The van der Waals surface area contributed by atoms with Crippen molar-refractivity contribution < 1.29 is 4.79 Å². The van der Waals surface area contributed by atoms with Crippen LogP contribution in [-0.2, 0) is 11.8 Å². The van der Waals surface area contributed by atoms with Crippen LogP contribution in [0, 0.1) is 5.92 Å². The largest absolute Gasteiger partial charge is 0.353 e. The molecule has 3 rings (SSSR count). The lowest BCUT2D eigenvalue weighted by Crippen LogP contribution is -2.55. The second-order valence-electron chi connectivity index (χ2n) is 6.42. The van der Waals surface area contributed by atoms with Crippen molar-refractivity contribution in [3.05, 3.63) is 12.4 Å². The molecule has 1 amide bonds. The molecule has 2 fully saturated rings. The van der Waals surface area contributed by atoms with E-state index in [4.69, 9.17) is 0 Å². The lowest BCUT2D eigenvalue weighted by atomic mass is 10.2. The van der Waals surface area contributed by atoms with Crippen molar-refractivity contribution in [2.24, 2.45) is 18.0 Å². The van der Waals surface area contributed by atoms with Gasteiger partial charge in [-0.05, 0) is 18.8 Å². The van der Waals surface area contributed by atoms with Crippen LogP contribution in [0.2, 0.25) is 0 Å². The molecule has 1 saturated heterocycles. The molecule has 1 aliphatic heterocycles. The van der Waals surface area contributed by atoms with Gasteiger partial charge in [-0.2, -0.15) is 5.10 Å². The fraction of sp³-hybridized carbons (Fsp3) is 0.688. The third kappa shape index (κ3) is 4.20. The molecular formula is C16H27IN6O. The number of guanidine groups is 1. The number of halogens is 1. The SMILES string of the molecule is CCCC1CC1NC(=NC)N1CCN(c2cnn(C)c2)C(=O)C1.I. The standard InChI is InChI=1S/C16H26N6O.HI/c1-4-5-12-8-14(12)19-16(17-2)21-6-7-22(15(23)11-21)13-9-18-20(3)10-13;/h9-10,12,14H,4-8,11H2,1-3H3,(H,17,19);1H. The van der Waals surface area contributed by atoms with E-state index in [1.807, 2.05) is 13.2 Å². The number of piperazine rings is 1. The van der Waals surface area contributed by atoms with Crippen LogP contribution in [-0.4, -0.2) is 59.3 Å². The molecule has 0 spiro atoms. The molecule has 0 radical (unpaired) electrons. The molecule has 1 aromatic rings. The van der Waals surface area contributed by atoms with E-state index in [2.05, 4.69) is 27.2 Å². The quantitative estimate of drug-likeness (QED) is 0.432. The Morgan fingerprint density at radius 1 is 1.46 bits per heavy atom. The number of carbonyl (C=O) groups is 1. The number of hydrogen-bond acceptors (Lipinski definition) is 3. The van der Waals surface area contributed by atoms with E-state index in [1.54, 1.807) is 22.8 Å². The number of rotatable bonds is 4. The van der Waals surface area contributed by atoms with Gasteiger partial charge in [-0.25, -0.2) is 0 Å². The van der Waals surface area contributed by atoms with Gasteiger partial charge in [-0.3, -0.25) is 14.5 Å². The van der Waals surface area contributed by atoms with E-state index < -0.39 is 0 Å². The Morgan fingerprint density at radius 2 is 2.25 bits per heavy atom. The van der Waals surface area contributed by atoms with Crippen molar-refractivity contribution in [3.8, 4) is 0 Å². The number of amides is 1. The number of aryl methyl sites for hydroxylation is 1. The van der Waals surface area contributed by atoms with Crippen molar-refractivity contribution in [1.29, 1.82) is 0 Å². The molecule has 0 aromatic carbocycles. The number of carbonyl (C=O) groups excluding carboxylic acids is 1. The smallest absolute Gasteiger partial charge is 0.246 e. The van der Waals surface area contributed by atoms with E-state index in [0.717, 1.165) is 24.1 Å². The van der Waals surface area contributed by atoms with Gasteiger partial charge < -0.3 is 15.1 Å². The Bertz CT molecular complexity index is 601. The zero-order chi connectivity index (χ0) is 16.4. The third-order valence-electron chi connectivity index (χ3n) is 4.63. The minimum atomic E-state index is 0. The average molecular weight is 446 g/mol. The van der Waals surface area contributed by atoms with Crippen LogP contribution in [0.1, 0.15) is 26.2 Å². The first-order chi connectivity index (χ1) is 11.1. The molecule has 1 aromatic heterocycles. The van der Waals surface area contributed by atoms with Gasteiger partial charge in [0, 0.05) is 39.4 Å². The highest BCUT2D eigenvalue weighted by Crippen LogP contribution is 2.34. The summed E-state index contributed by atoms with van der Waals surface area (Å²) < 4.78 is 1.72. The molecule has 2 atom stereocenters. The first-order valence-electron chi connectivity index (χ1n) is 8.39. The minimum Gasteiger partial charge on any atom is -0.353 e. The maximum atomic E-state index is 12.5. The summed E-state index contributed by atoms with van der Waals surface area (Å²) in [6.07, 6.45) is 7.32. The number of anilines is 1. The third-order valence-corrected chi connectivity index (χ3v) is 4.63. The maximum Gasteiger partial charge on any atom is 0.246 e. The topological polar surface area (TPSA) is 65.8 Å². The number of nitrogens with zero attached hydrogens (tertiary/aromatic N) is 5. The summed E-state index contributed by atoms with van der Waals surface area (Å²) in [5.41, 5.74) is 0.866. The summed E-state index contributed by atoms with van der Waals surface area (Å²) >= 11 is 0. The molecule has 8 heteroatoms. The fourth-order valence-corrected chi connectivity index (χ4v) is 3.25. The molecule has 2 unspecified atom stereocenters. The van der Waals surface area contributed by atoms with Gasteiger partial charge in [0.1, 0.15) is 6.54 Å². The van der Waals surface area contributed by atoms with Crippen molar-refractivity contribution >= 4 is 41.5 Å². The molecule has 2 heterocycles. The summed E-state index contributed by atoms with van der Waals surface area (Å²) in [5.74, 6) is 1.71. The lowest BCUT2D eigenvalue weighted by Gasteiger charge is -2.35. The van der Waals surface area contributed by atoms with Crippen molar-refractivity contribution in [2.45, 2.75) is 32.2 Å². The Kier molecular flexibility index (Phi) is 6.47. The van der Waals surface area contributed by atoms with Crippen LogP contribution in [0.3, 0.4) is 0 Å². The summed E-state index contributed by atoms with van der Waals surface area (Å²) in [6.45, 7) is 4.03. The minimum absolute atomic E-state index is 0. The van der Waals surface area contributed by atoms with E-state index in [-0.39, 0.29) is 29.9 Å². The average Bonchev–Trinajstić information content (AvgIpc) is 3.12. The summed E-state index contributed by atoms with van der Waals surface area (Å²) in [4.78, 5) is 20.7. The molecule has 1 N–H and O–H groups in total. The van der Waals surface area contributed by atoms with E-state index in [9.17, 15) is 4.79 Å². The number of nitrogens with one attached hydrogen (secondary N) is 1. The second-order valence-corrected chi connectivity index (χ2v) is 6.42. The van der Waals surface area contributed by atoms with Crippen LogP contribution in [0.5, 0.6) is 0 Å². The van der Waals surface area contributed by atoms with Gasteiger partial charge in [0.25, 0.3) is 0 Å². The lowest BCUT2D eigenvalue weighted by molar-refractivity contribution is -0.120. The Balaban J connectivity index is 0.00000208. The van der Waals surface area contributed by atoms with E-state index in [1.165, 1.54) is 19.3 Å². The maximum absolute atomic E-state index is 12.5. The van der Waals surface area contributed by atoms with E-state index in [0.29, 0.717) is 19.1 Å². The molecule has 2 aliphatic rings. The molecule has 24 heavy (non-hydrogen) atoms. The Morgan fingerprint density at radius 3 is 2.83 bits per heavy atom. The summed E-state index contributed by atoms with van der Waals surface area (Å²) in [5, 5.41) is 7.66. The van der Waals surface area contributed by atoms with Crippen LogP contribution in [0.15, 0.2) is 17.4 Å². The first-order valence-corrected chi connectivity index (χ1v) is 8.39. The predicted octanol–water partition coefficient (Wildman–Crippen LogP) is 1.45. The second kappa shape index (κ2) is 8.17. The number of aromatic nitrogens is 2. The first kappa shape index (κ1) is 19.0. The molecule has 134 valence electrons. The van der Waals surface area contributed by atoms with Gasteiger partial charge in [0.05, 0.1) is 11.9 Å². The van der Waals surface area contributed by atoms with Crippen LogP contribution >= 0.6 is 24.0 Å². The molecule has 0 bridgehead atoms. The Hall–Kier alpha value is -1.32. The normalized spacial score (nSPS) is 24.0. The van der Waals surface area contributed by atoms with Crippen molar-refractivity contribution in [3.63, 3.8) is 0 Å². The monoisotopic (exact) mass is 446 g/mol. The van der Waals surface area contributed by atoms with Gasteiger partial charge in [-0.1, -0.05) is 13.3 Å². The van der Waals surface area contributed by atoms with E-state index >= 15 is 0 Å². The zero-order valence-electron chi connectivity index (χ0n) is 14.6. The van der Waals surface area contributed by atoms with Gasteiger partial charge in [0.15, 0.2) is 5.96 Å².